The number of fused-ring (bicyclic) bond motifs is 2. The van der Waals surface area contributed by atoms with Crippen LogP contribution in [0, 0.1) is 5.92 Å². The third-order valence-corrected chi connectivity index (χ3v) is 6.02. The number of esters is 2. The van der Waals surface area contributed by atoms with Crippen molar-refractivity contribution in [3.8, 4) is 0 Å². The number of carbonyl (C=O) groups is 2. The third-order valence-electron chi connectivity index (χ3n) is 6.02. The van der Waals surface area contributed by atoms with Crippen molar-refractivity contribution in [3.63, 3.8) is 0 Å². The van der Waals surface area contributed by atoms with Gasteiger partial charge in [-0.25, -0.2) is 4.79 Å². The molecule has 0 aromatic carbocycles. The first kappa shape index (κ1) is 19.9. The first-order chi connectivity index (χ1) is 12.7. The lowest BCUT2D eigenvalue weighted by molar-refractivity contribution is -0.151. The van der Waals surface area contributed by atoms with Crippen LogP contribution in [0.25, 0.3) is 0 Å². The van der Waals surface area contributed by atoms with Gasteiger partial charge in [-0.3, -0.25) is 4.79 Å². The number of ether oxygens (including phenoxy) is 3. The molecule has 5 atom stereocenters. The highest BCUT2D eigenvalue weighted by molar-refractivity contribution is 5.91. The number of epoxide rings is 1. The minimum Gasteiger partial charge on any atom is -0.459 e. The lowest BCUT2D eigenvalue weighted by Gasteiger charge is -2.26. The van der Waals surface area contributed by atoms with Gasteiger partial charge in [-0.05, 0) is 59.0 Å². The van der Waals surface area contributed by atoms with Crippen LogP contribution in [0.15, 0.2) is 35.5 Å². The fraction of sp³-hybridized carbons (Fsp3) is 0.636. The molecule has 2 aliphatic heterocycles. The molecule has 27 heavy (non-hydrogen) atoms. The van der Waals surface area contributed by atoms with Gasteiger partial charge in [0, 0.05) is 18.4 Å². The second-order valence-electron chi connectivity index (χ2n) is 8.27. The summed E-state index contributed by atoms with van der Waals surface area (Å²) < 4.78 is 17.2. The second-order valence-corrected chi connectivity index (χ2v) is 8.27. The Labute approximate surface area is 161 Å². The molecule has 2 saturated heterocycles. The minimum atomic E-state index is -0.523. The van der Waals surface area contributed by atoms with Gasteiger partial charge >= 0.3 is 11.9 Å². The summed E-state index contributed by atoms with van der Waals surface area (Å²) in [5, 5.41) is 0. The summed E-state index contributed by atoms with van der Waals surface area (Å²) in [6.07, 6.45) is 7.78. The number of rotatable bonds is 1. The van der Waals surface area contributed by atoms with E-state index in [0.29, 0.717) is 12.0 Å². The van der Waals surface area contributed by atoms with Gasteiger partial charge in [-0.15, -0.1) is 0 Å². The van der Waals surface area contributed by atoms with Crippen LogP contribution in [0.3, 0.4) is 0 Å². The number of carbonyl (C=O) groups excluding carboxylic acids is 2. The van der Waals surface area contributed by atoms with Crippen molar-refractivity contribution in [2.75, 3.05) is 0 Å². The van der Waals surface area contributed by atoms with E-state index in [2.05, 4.69) is 26.5 Å². The van der Waals surface area contributed by atoms with Gasteiger partial charge < -0.3 is 14.2 Å². The summed E-state index contributed by atoms with van der Waals surface area (Å²) in [5.74, 6) is -0.917. The van der Waals surface area contributed by atoms with Crippen molar-refractivity contribution in [1.82, 2.24) is 0 Å². The Kier molecular flexibility index (Phi) is 5.61. The van der Waals surface area contributed by atoms with Gasteiger partial charge in [0.1, 0.15) is 17.8 Å². The Hall–Kier alpha value is -1.88. The molecule has 2 heterocycles. The first-order valence-electron chi connectivity index (χ1n) is 9.78. The Morgan fingerprint density at radius 2 is 2.04 bits per heavy atom. The molecule has 3 aliphatic rings. The van der Waals surface area contributed by atoms with Crippen molar-refractivity contribution in [2.45, 2.75) is 83.7 Å². The van der Waals surface area contributed by atoms with E-state index in [1.54, 1.807) is 0 Å². The molecule has 0 bridgehead atoms. The predicted octanol–water partition coefficient (Wildman–Crippen LogP) is 4.03. The Morgan fingerprint density at radius 3 is 2.74 bits per heavy atom. The van der Waals surface area contributed by atoms with E-state index in [4.69, 9.17) is 14.2 Å². The molecule has 3 rings (SSSR count). The molecule has 148 valence electrons. The average molecular weight is 374 g/mol. The lowest BCUT2D eigenvalue weighted by Crippen LogP contribution is -2.37. The largest absolute Gasteiger partial charge is 0.459 e. The van der Waals surface area contributed by atoms with Gasteiger partial charge in [-0.2, -0.15) is 0 Å². The summed E-state index contributed by atoms with van der Waals surface area (Å²) in [6, 6.07) is 0. The molecular weight excluding hydrogens is 344 g/mol. The van der Waals surface area contributed by atoms with Crippen molar-refractivity contribution in [3.05, 3.63) is 35.5 Å². The van der Waals surface area contributed by atoms with Crippen LogP contribution < -0.4 is 0 Å². The zero-order valence-electron chi connectivity index (χ0n) is 16.7. The van der Waals surface area contributed by atoms with Crippen LogP contribution in [-0.4, -0.2) is 35.9 Å². The third kappa shape index (κ3) is 4.34. The quantitative estimate of drug-likeness (QED) is 0.300. The van der Waals surface area contributed by atoms with Gasteiger partial charge in [-0.1, -0.05) is 23.8 Å². The highest BCUT2D eigenvalue weighted by Gasteiger charge is 2.60. The van der Waals surface area contributed by atoms with E-state index in [0.717, 1.165) is 25.7 Å². The Bertz CT molecular complexity index is 703. The molecular formula is C22H30O5. The van der Waals surface area contributed by atoms with Crippen LogP contribution in [0.5, 0.6) is 0 Å². The molecule has 5 unspecified atom stereocenters. The molecule has 5 heteroatoms. The molecule has 0 radical (unpaired) electrons. The second kappa shape index (κ2) is 7.63. The van der Waals surface area contributed by atoms with E-state index in [1.165, 1.54) is 18.1 Å². The maximum atomic E-state index is 12.1. The van der Waals surface area contributed by atoms with E-state index in [9.17, 15) is 9.59 Å². The molecule has 0 N–H and O–H groups in total. The van der Waals surface area contributed by atoms with Crippen LogP contribution in [0.4, 0.5) is 0 Å². The van der Waals surface area contributed by atoms with E-state index < -0.39 is 11.7 Å². The monoisotopic (exact) mass is 374 g/mol. The summed E-state index contributed by atoms with van der Waals surface area (Å²) in [7, 11) is 0. The fourth-order valence-corrected chi connectivity index (χ4v) is 4.16. The van der Waals surface area contributed by atoms with Crippen LogP contribution in [0.1, 0.15) is 59.8 Å². The van der Waals surface area contributed by atoms with Crippen LogP contribution in [-0.2, 0) is 23.8 Å². The van der Waals surface area contributed by atoms with E-state index in [1.807, 2.05) is 13.0 Å². The molecule has 0 amide bonds. The maximum Gasteiger partial charge on any atom is 0.334 e. The number of hydrogen-bond acceptors (Lipinski definition) is 5. The maximum absolute atomic E-state index is 12.1. The van der Waals surface area contributed by atoms with Gasteiger partial charge in [0.05, 0.1) is 6.10 Å². The normalized spacial score (nSPS) is 41.0. The van der Waals surface area contributed by atoms with Crippen LogP contribution in [0.2, 0.25) is 0 Å². The molecule has 5 nitrogen and oxygen atoms in total. The minimum absolute atomic E-state index is 0.0511. The Balaban J connectivity index is 1.91. The topological polar surface area (TPSA) is 65.1 Å². The smallest absolute Gasteiger partial charge is 0.334 e. The van der Waals surface area contributed by atoms with Crippen molar-refractivity contribution in [1.29, 1.82) is 0 Å². The lowest BCUT2D eigenvalue weighted by atomic mass is 9.84. The molecule has 0 aromatic heterocycles. The summed E-state index contributed by atoms with van der Waals surface area (Å²) in [6.45, 7) is 11.5. The van der Waals surface area contributed by atoms with E-state index in [-0.39, 0.29) is 30.1 Å². The summed E-state index contributed by atoms with van der Waals surface area (Å²) >= 11 is 0. The van der Waals surface area contributed by atoms with E-state index >= 15 is 0 Å². The Morgan fingerprint density at radius 1 is 1.30 bits per heavy atom. The van der Waals surface area contributed by atoms with Gasteiger partial charge in [0.25, 0.3) is 0 Å². The van der Waals surface area contributed by atoms with Crippen molar-refractivity contribution < 1.29 is 23.8 Å². The van der Waals surface area contributed by atoms with Gasteiger partial charge in [0.15, 0.2) is 0 Å². The molecule has 1 aliphatic carbocycles. The SMILES string of the molecule is C=C1C(=O)OC2/C=C(\C)CC/C=C(/C)CCC3OC3(C)C(OC(C)=O)CC12. The zero-order valence-corrected chi connectivity index (χ0v) is 16.7. The molecule has 0 spiro atoms. The first-order valence-corrected chi connectivity index (χ1v) is 9.78. The number of allylic oxidation sites excluding steroid dienone is 3. The predicted molar refractivity (Wildman–Crippen MR) is 102 cm³/mol. The van der Waals surface area contributed by atoms with Gasteiger partial charge in [0.2, 0.25) is 0 Å². The zero-order chi connectivity index (χ0) is 19.8. The molecule has 2 fully saturated rings. The summed E-state index contributed by atoms with van der Waals surface area (Å²) in [4.78, 5) is 23.8. The standard InChI is InChI=1S/C22H30O5/c1-13-7-6-8-14(2)11-18-17(15(3)21(24)26-18)12-20(25-16(4)23)22(5)19(27-22)10-9-13/h7,11,17-20H,3,6,8-10,12H2,1-2,4-5H3/b13-7-,14-11+. The average Bonchev–Trinajstić information content (AvgIpc) is 3.18. The van der Waals surface area contributed by atoms with Crippen molar-refractivity contribution >= 4 is 11.9 Å². The molecule has 0 saturated carbocycles. The number of hydrogen-bond donors (Lipinski definition) is 0. The fourth-order valence-electron chi connectivity index (χ4n) is 4.16. The highest BCUT2D eigenvalue weighted by Crippen LogP contribution is 2.47. The van der Waals surface area contributed by atoms with Crippen molar-refractivity contribution in [2.24, 2.45) is 5.92 Å². The summed E-state index contributed by atoms with van der Waals surface area (Å²) in [5.41, 5.74) is 2.46. The molecule has 0 aromatic rings. The van der Waals surface area contributed by atoms with Crippen LogP contribution >= 0.6 is 0 Å². The highest BCUT2D eigenvalue weighted by atomic mass is 16.6.